The number of benzene rings is 1. The molecule has 5 nitrogen and oxygen atoms in total. The lowest BCUT2D eigenvalue weighted by Gasteiger charge is -2.14. The van der Waals surface area contributed by atoms with Crippen molar-refractivity contribution in [2.45, 2.75) is 0 Å². The molecule has 0 aliphatic carbocycles. The molecule has 0 saturated heterocycles. The first-order valence-corrected chi connectivity index (χ1v) is 5.88. The molecule has 0 aliphatic heterocycles. The maximum atomic E-state index is 13.4. The van der Waals surface area contributed by atoms with Gasteiger partial charge in [0.25, 0.3) is 11.8 Å². The van der Waals surface area contributed by atoms with Gasteiger partial charge in [-0.3, -0.25) is 9.59 Å². The minimum atomic E-state index is -0.989. The number of carbonyl (C=O) groups excluding carboxylic acids is 2. The number of imide groups is 1. The van der Waals surface area contributed by atoms with Gasteiger partial charge in [-0.15, -0.1) is 0 Å². The van der Waals surface area contributed by atoms with Crippen LogP contribution in [0.2, 0.25) is 5.02 Å². The second-order valence-electron chi connectivity index (χ2n) is 3.83. The van der Waals surface area contributed by atoms with Crippen LogP contribution in [0.3, 0.4) is 0 Å². The van der Waals surface area contributed by atoms with Crippen LogP contribution < -0.4 is 5.84 Å². The number of hydrogen-bond donors (Lipinski definition) is 1. The van der Waals surface area contributed by atoms with Crippen molar-refractivity contribution in [3.05, 3.63) is 64.7 Å². The molecule has 1 aromatic heterocycles. The van der Waals surface area contributed by atoms with E-state index in [0.717, 1.165) is 0 Å². The van der Waals surface area contributed by atoms with Gasteiger partial charge >= 0.3 is 0 Å². The highest BCUT2D eigenvalue weighted by atomic mass is 35.5. The molecule has 1 heterocycles. The predicted molar refractivity (Wildman–Crippen MR) is 70.3 cm³/mol. The molecule has 1 aromatic carbocycles. The second-order valence-corrected chi connectivity index (χ2v) is 4.27. The lowest BCUT2D eigenvalue weighted by Crippen LogP contribution is -2.43. The van der Waals surface area contributed by atoms with E-state index in [1.54, 1.807) is 0 Å². The smallest absolute Gasteiger partial charge is 0.267 e. The van der Waals surface area contributed by atoms with Gasteiger partial charge in [-0.25, -0.2) is 15.8 Å². The van der Waals surface area contributed by atoms with E-state index in [1.807, 2.05) is 0 Å². The lowest BCUT2D eigenvalue weighted by atomic mass is 10.2. The van der Waals surface area contributed by atoms with E-state index in [9.17, 15) is 14.0 Å². The fourth-order valence-corrected chi connectivity index (χ4v) is 1.63. The summed E-state index contributed by atoms with van der Waals surface area (Å²) in [6.07, 6.45) is 1.19. The van der Waals surface area contributed by atoms with Gasteiger partial charge in [0.1, 0.15) is 0 Å². The molecule has 0 radical (unpaired) electrons. The van der Waals surface area contributed by atoms with Gasteiger partial charge in [-0.2, -0.15) is 4.39 Å². The van der Waals surface area contributed by atoms with Crippen LogP contribution in [-0.2, 0) is 0 Å². The summed E-state index contributed by atoms with van der Waals surface area (Å²) < 4.78 is 13.4. The van der Waals surface area contributed by atoms with Crippen molar-refractivity contribution in [2.75, 3.05) is 0 Å². The van der Waals surface area contributed by atoms with Crippen LogP contribution in [0, 0.1) is 5.95 Å². The number of halogens is 2. The fraction of sp³-hybridized carbons (Fsp3) is 0. The zero-order chi connectivity index (χ0) is 14.7. The summed E-state index contributed by atoms with van der Waals surface area (Å²) in [4.78, 5) is 27.2. The zero-order valence-electron chi connectivity index (χ0n) is 10.1. The number of nitrogens with zero attached hydrogens (tertiary/aromatic N) is 2. The summed E-state index contributed by atoms with van der Waals surface area (Å²) in [6.45, 7) is 0. The maximum absolute atomic E-state index is 13.4. The Bertz CT molecular complexity index is 661. The fourth-order valence-electron chi connectivity index (χ4n) is 1.50. The summed E-state index contributed by atoms with van der Waals surface area (Å²) in [6, 6.07) is 8.36. The number of amides is 2. The van der Waals surface area contributed by atoms with E-state index in [-0.39, 0.29) is 11.1 Å². The van der Waals surface area contributed by atoms with Crippen LogP contribution in [0.4, 0.5) is 4.39 Å². The average Bonchev–Trinajstić information content (AvgIpc) is 2.46. The molecule has 0 bridgehead atoms. The first-order valence-electron chi connectivity index (χ1n) is 5.50. The summed E-state index contributed by atoms with van der Waals surface area (Å²) >= 11 is 5.69. The van der Waals surface area contributed by atoms with Crippen LogP contribution in [-0.4, -0.2) is 21.8 Å². The highest BCUT2D eigenvalue weighted by molar-refractivity contribution is 6.30. The Morgan fingerprint density at radius 2 is 1.80 bits per heavy atom. The van der Waals surface area contributed by atoms with Gasteiger partial charge < -0.3 is 0 Å². The third-order valence-electron chi connectivity index (χ3n) is 2.52. The molecule has 0 fully saturated rings. The van der Waals surface area contributed by atoms with Gasteiger partial charge in [-0.1, -0.05) is 11.6 Å². The third-order valence-corrected chi connectivity index (χ3v) is 2.77. The number of rotatable bonds is 2. The minimum Gasteiger partial charge on any atom is -0.267 e. The molecular formula is C13H9ClFN3O2. The summed E-state index contributed by atoms with van der Waals surface area (Å²) in [5, 5.41) is 0.776. The Balaban J connectivity index is 2.25. The van der Waals surface area contributed by atoms with E-state index in [4.69, 9.17) is 17.4 Å². The molecule has 0 atom stereocenters. The van der Waals surface area contributed by atoms with Crippen LogP contribution in [0.5, 0.6) is 0 Å². The van der Waals surface area contributed by atoms with E-state index in [1.165, 1.54) is 42.6 Å². The SMILES string of the molecule is NN(C(=O)c1ccc(Cl)cc1)C(=O)c1cccnc1F. The van der Waals surface area contributed by atoms with E-state index in [2.05, 4.69) is 4.98 Å². The molecule has 0 unspecified atom stereocenters. The molecule has 2 aromatic rings. The Kier molecular flexibility index (Phi) is 4.07. The molecule has 2 N–H and O–H groups in total. The van der Waals surface area contributed by atoms with E-state index < -0.39 is 17.8 Å². The van der Waals surface area contributed by atoms with Crippen molar-refractivity contribution in [3.8, 4) is 0 Å². The summed E-state index contributed by atoms with van der Waals surface area (Å²) in [5.41, 5.74) is -0.216. The second kappa shape index (κ2) is 5.77. The molecular weight excluding hydrogens is 285 g/mol. The van der Waals surface area contributed by atoms with Crippen molar-refractivity contribution in [2.24, 2.45) is 5.84 Å². The van der Waals surface area contributed by atoms with E-state index in [0.29, 0.717) is 10.0 Å². The highest BCUT2D eigenvalue weighted by Crippen LogP contribution is 2.12. The van der Waals surface area contributed by atoms with Gasteiger partial charge in [0.15, 0.2) is 0 Å². The number of carbonyl (C=O) groups is 2. The lowest BCUT2D eigenvalue weighted by molar-refractivity contribution is 0.0612. The van der Waals surface area contributed by atoms with Gasteiger partial charge in [0.2, 0.25) is 5.95 Å². The quantitative estimate of drug-likeness (QED) is 0.302. The van der Waals surface area contributed by atoms with Gasteiger partial charge in [0.05, 0.1) is 5.56 Å². The largest absolute Gasteiger partial charge is 0.279 e. The Morgan fingerprint density at radius 3 is 2.40 bits per heavy atom. The van der Waals surface area contributed by atoms with Crippen LogP contribution in [0.1, 0.15) is 20.7 Å². The van der Waals surface area contributed by atoms with Crippen molar-refractivity contribution in [1.82, 2.24) is 9.99 Å². The first-order chi connectivity index (χ1) is 9.50. The number of pyridine rings is 1. The Morgan fingerprint density at radius 1 is 1.15 bits per heavy atom. The number of hydrogen-bond acceptors (Lipinski definition) is 4. The minimum absolute atomic E-state index is 0.162. The van der Waals surface area contributed by atoms with E-state index >= 15 is 0 Å². The molecule has 102 valence electrons. The molecule has 0 aliphatic rings. The van der Waals surface area contributed by atoms with Crippen molar-refractivity contribution < 1.29 is 14.0 Å². The standard InChI is InChI=1S/C13H9ClFN3O2/c14-9-5-3-8(4-6-9)12(19)18(16)13(20)10-2-1-7-17-11(10)15/h1-7H,16H2. The molecule has 2 amide bonds. The number of hydrazine groups is 1. The first kappa shape index (κ1) is 14.1. The highest BCUT2D eigenvalue weighted by Gasteiger charge is 2.23. The molecule has 7 heteroatoms. The molecule has 2 rings (SSSR count). The van der Waals surface area contributed by atoms with Crippen LogP contribution >= 0.6 is 11.6 Å². The average molecular weight is 294 g/mol. The molecule has 0 spiro atoms. The van der Waals surface area contributed by atoms with Gasteiger partial charge in [0, 0.05) is 16.8 Å². The number of aromatic nitrogens is 1. The topological polar surface area (TPSA) is 76.3 Å². The Hall–Kier alpha value is -2.31. The normalized spacial score (nSPS) is 10.2. The summed E-state index contributed by atoms with van der Waals surface area (Å²) in [5.74, 6) is 2.70. The zero-order valence-corrected chi connectivity index (χ0v) is 10.8. The van der Waals surface area contributed by atoms with Crippen LogP contribution in [0.15, 0.2) is 42.6 Å². The third kappa shape index (κ3) is 2.81. The van der Waals surface area contributed by atoms with Crippen molar-refractivity contribution >= 4 is 23.4 Å². The monoisotopic (exact) mass is 293 g/mol. The molecule has 0 saturated carbocycles. The Labute approximate surface area is 118 Å². The predicted octanol–water partition coefficient (Wildman–Crippen LogP) is 2.03. The summed E-state index contributed by atoms with van der Waals surface area (Å²) in [7, 11) is 0. The van der Waals surface area contributed by atoms with Crippen LogP contribution in [0.25, 0.3) is 0 Å². The maximum Gasteiger partial charge on any atom is 0.279 e. The number of nitrogens with two attached hydrogens (primary N) is 1. The molecule has 20 heavy (non-hydrogen) atoms. The van der Waals surface area contributed by atoms with Gasteiger partial charge in [-0.05, 0) is 36.4 Å². The van der Waals surface area contributed by atoms with Crippen molar-refractivity contribution in [1.29, 1.82) is 0 Å². The van der Waals surface area contributed by atoms with Crippen molar-refractivity contribution in [3.63, 3.8) is 0 Å².